The smallest absolute Gasteiger partial charge is 0.340 e. The number of hydrogen-bond donors (Lipinski definition) is 1. The van der Waals surface area contributed by atoms with Gasteiger partial charge in [0, 0.05) is 17.1 Å². The number of esters is 1. The van der Waals surface area contributed by atoms with E-state index < -0.39 is 12.1 Å². The van der Waals surface area contributed by atoms with Crippen LogP contribution in [0.1, 0.15) is 45.6 Å². The normalized spacial score (nSPS) is 11.9. The summed E-state index contributed by atoms with van der Waals surface area (Å²) in [6.45, 7) is 9.79. The molecule has 3 aromatic rings. The fourth-order valence-corrected chi connectivity index (χ4v) is 3.28. The average Bonchev–Trinajstić information content (AvgIpc) is 3.27. The van der Waals surface area contributed by atoms with Crippen LogP contribution in [0.25, 0.3) is 0 Å². The fraction of sp³-hybridized carbons (Fsp3) is 0.304. The molecule has 0 saturated heterocycles. The molecule has 1 aromatic carbocycles. The lowest BCUT2D eigenvalue weighted by Gasteiger charge is -2.15. The molecule has 0 spiro atoms. The van der Waals surface area contributed by atoms with Crippen LogP contribution in [0, 0.1) is 27.7 Å². The van der Waals surface area contributed by atoms with Gasteiger partial charge in [-0.15, -0.1) is 0 Å². The first-order valence-electron chi connectivity index (χ1n) is 9.54. The lowest BCUT2D eigenvalue weighted by molar-refractivity contribution is -0.123. The number of aryl methyl sites for hydroxylation is 3. The van der Waals surface area contributed by atoms with Gasteiger partial charge in [0.15, 0.2) is 6.10 Å². The minimum Gasteiger partial charge on any atom is -0.467 e. The van der Waals surface area contributed by atoms with E-state index in [0.29, 0.717) is 17.8 Å². The second-order valence-corrected chi connectivity index (χ2v) is 7.31. The molecule has 29 heavy (non-hydrogen) atoms. The fourth-order valence-electron chi connectivity index (χ4n) is 3.28. The summed E-state index contributed by atoms with van der Waals surface area (Å²) < 4.78 is 12.8. The molecule has 0 aliphatic heterocycles. The number of aromatic nitrogens is 1. The number of hydrogen-bond acceptors (Lipinski definition) is 4. The molecule has 3 rings (SSSR count). The molecule has 152 valence electrons. The summed E-state index contributed by atoms with van der Waals surface area (Å²) in [7, 11) is 0. The van der Waals surface area contributed by atoms with Crippen LogP contribution < -0.4 is 5.32 Å². The van der Waals surface area contributed by atoms with Crippen LogP contribution in [-0.2, 0) is 16.1 Å². The third-order valence-corrected chi connectivity index (χ3v) is 4.98. The van der Waals surface area contributed by atoms with E-state index >= 15 is 0 Å². The Morgan fingerprint density at radius 1 is 1.14 bits per heavy atom. The number of nitrogens with one attached hydrogen (secondary N) is 1. The molecule has 0 fully saturated rings. The van der Waals surface area contributed by atoms with E-state index in [1.54, 1.807) is 19.3 Å². The van der Waals surface area contributed by atoms with Crippen molar-refractivity contribution in [3.8, 4) is 0 Å². The van der Waals surface area contributed by atoms with Gasteiger partial charge in [-0.1, -0.05) is 17.7 Å². The number of amides is 1. The van der Waals surface area contributed by atoms with Crippen molar-refractivity contribution in [1.82, 2.24) is 4.57 Å². The van der Waals surface area contributed by atoms with E-state index in [1.165, 1.54) is 0 Å². The Morgan fingerprint density at radius 3 is 2.55 bits per heavy atom. The topological polar surface area (TPSA) is 73.5 Å². The minimum atomic E-state index is -0.920. The van der Waals surface area contributed by atoms with Gasteiger partial charge in [0.1, 0.15) is 5.76 Å². The Labute approximate surface area is 170 Å². The monoisotopic (exact) mass is 394 g/mol. The highest BCUT2D eigenvalue weighted by Crippen LogP contribution is 2.20. The molecule has 1 amide bonds. The Balaban J connectivity index is 1.68. The molecule has 2 aromatic heterocycles. The minimum absolute atomic E-state index is 0.366. The summed E-state index contributed by atoms with van der Waals surface area (Å²) in [5, 5.41) is 2.82. The summed E-state index contributed by atoms with van der Waals surface area (Å²) in [6, 6.07) is 11.2. The van der Waals surface area contributed by atoms with Gasteiger partial charge in [0.25, 0.3) is 5.91 Å². The second kappa shape index (κ2) is 8.39. The SMILES string of the molecule is Cc1ccc(NC(=O)[C@@H](C)OC(=O)c2cc(C)n(Cc3ccco3)c2C)c(C)c1. The first-order chi connectivity index (χ1) is 13.8. The standard InChI is InChI=1S/C23H26N2O4/c1-14-8-9-21(15(2)11-14)24-22(26)18(5)29-23(27)20-12-16(3)25(17(20)4)13-19-7-6-10-28-19/h6-12,18H,13H2,1-5H3,(H,24,26)/t18-/m1/s1. The molecule has 0 aliphatic rings. The summed E-state index contributed by atoms with van der Waals surface area (Å²) in [6.07, 6.45) is 0.700. The number of benzene rings is 1. The highest BCUT2D eigenvalue weighted by Gasteiger charge is 2.23. The number of furan rings is 1. The lowest BCUT2D eigenvalue weighted by atomic mass is 10.1. The molecular weight excluding hydrogens is 368 g/mol. The van der Waals surface area contributed by atoms with Gasteiger partial charge in [-0.2, -0.15) is 0 Å². The molecule has 0 unspecified atom stereocenters. The first-order valence-corrected chi connectivity index (χ1v) is 9.54. The predicted octanol–water partition coefficient (Wildman–Crippen LogP) is 4.55. The molecular formula is C23H26N2O4. The summed E-state index contributed by atoms with van der Waals surface area (Å²) in [5.41, 5.74) is 4.91. The lowest BCUT2D eigenvalue weighted by Crippen LogP contribution is -2.30. The van der Waals surface area contributed by atoms with E-state index in [0.717, 1.165) is 28.3 Å². The summed E-state index contributed by atoms with van der Waals surface area (Å²) in [5.74, 6) is -0.0882. The molecule has 1 atom stereocenters. The Morgan fingerprint density at radius 2 is 1.90 bits per heavy atom. The van der Waals surface area contributed by atoms with E-state index in [4.69, 9.17) is 9.15 Å². The molecule has 0 radical (unpaired) electrons. The third-order valence-electron chi connectivity index (χ3n) is 4.98. The van der Waals surface area contributed by atoms with Crippen LogP contribution in [0.4, 0.5) is 5.69 Å². The first kappa shape index (κ1) is 20.5. The quantitative estimate of drug-likeness (QED) is 0.623. The predicted molar refractivity (Wildman–Crippen MR) is 111 cm³/mol. The van der Waals surface area contributed by atoms with Crippen LogP contribution in [0.15, 0.2) is 47.1 Å². The highest BCUT2D eigenvalue weighted by atomic mass is 16.5. The van der Waals surface area contributed by atoms with Gasteiger partial charge in [-0.25, -0.2) is 4.79 Å². The largest absolute Gasteiger partial charge is 0.467 e. The Hall–Kier alpha value is -3.28. The van der Waals surface area contributed by atoms with Crippen molar-refractivity contribution in [3.05, 3.63) is 76.5 Å². The van der Waals surface area contributed by atoms with Crippen molar-refractivity contribution in [3.63, 3.8) is 0 Å². The van der Waals surface area contributed by atoms with Gasteiger partial charge in [0.2, 0.25) is 0 Å². The number of carbonyl (C=O) groups is 2. The highest BCUT2D eigenvalue weighted by molar-refractivity contribution is 5.98. The van der Waals surface area contributed by atoms with Crippen molar-refractivity contribution in [2.24, 2.45) is 0 Å². The second-order valence-electron chi connectivity index (χ2n) is 7.31. The van der Waals surface area contributed by atoms with Crippen LogP contribution in [0.5, 0.6) is 0 Å². The molecule has 6 heteroatoms. The maximum atomic E-state index is 12.7. The third kappa shape index (κ3) is 4.59. The van der Waals surface area contributed by atoms with Gasteiger partial charge >= 0.3 is 5.97 Å². The van der Waals surface area contributed by atoms with E-state index in [2.05, 4.69) is 5.32 Å². The number of ether oxygens (including phenoxy) is 1. The van der Waals surface area contributed by atoms with Gasteiger partial charge in [0.05, 0.1) is 18.4 Å². The number of carbonyl (C=O) groups excluding carboxylic acids is 2. The van der Waals surface area contributed by atoms with Crippen LogP contribution in [-0.4, -0.2) is 22.5 Å². The van der Waals surface area contributed by atoms with Crippen molar-refractivity contribution in [2.75, 3.05) is 5.32 Å². The van der Waals surface area contributed by atoms with E-state index in [-0.39, 0.29) is 5.91 Å². The van der Waals surface area contributed by atoms with Crippen molar-refractivity contribution < 1.29 is 18.7 Å². The maximum Gasteiger partial charge on any atom is 0.340 e. The van der Waals surface area contributed by atoms with Crippen LogP contribution >= 0.6 is 0 Å². The number of rotatable bonds is 6. The number of nitrogens with zero attached hydrogens (tertiary/aromatic N) is 1. The zero-order valence-corrected chi connectivity index (χ0v) is 17.4. The van der Waals surface area contributed by atoms with Crippen molar-refractivity contribution in [2.45, 2.75) is 47.3 Å². The Bertz CT molecular complexity index is 1030. The van der Waals surface area contributed by atoms with Gasteiger partial charge < -0.3 is 19.0 Å². The van der Waals surface area contributed by atoms with Crippen molar-refractivity contribution >= 4 is 17.6 Å². The molecule has 0 saturated carbocycles. The van der Waals surface area contributed by atoms with Gasteiger partial charge in [-0.05, 0) is 64.4 Å². The van der Waals surface area contributed by atoms with E-state index in [1.807, 2.05) is 62.6 Å². The molecule has 0 bridgehead atoms. The zero-order valence-electron chi connectivity index (χ0n) is 17.4. The Kier molecular flexibility index (Phi) is 5.92. The van der Waals surface area contributed by atoms with Crippen molar-refractivity contribution in [1.29, 1.82) is 0 Å². The van der Waals surface area contributed by atoms with Crippen LogP contribution in [0.3, 0.4) is 0 Å². The molecule has 0 aliphatic carbocycles. The zero-order chi connectivity index (χ0) is 21.1. The molecule has 6 nitrogen and oxygen atoms in total. The van der Waals surface area contributed by atoms with E-state index in [9.17, 15) is 9.59 Å². The summed E-state index contributed by atoms with van der Waals surface area (Å²) >= 11 is 0. The molecule has 2 heterocycles. The summed E-state index contributed by atoms with van der Waals surface area (Å²) in [4.78, 5) is 25.2. The maximum absolute atomic E-state index is 12.7. The van der Waals surface area contributed by atoms with Gasteiger partial charge in [-0.3, -0.25) is 4.79 Å². The number of anilines is 1. The van der Waals surface area contributed by atoms with Crippen LogP contribution in [0.2, 0.25) is 0 Å². The average molecular weight is 394 g/mol. The molecule has 1 N–H and O–H groups in total.